The highest BCUT2D eigenvalue weighted by Gasteiger charge is 2.52. The molecule has 112 valence electrons. The Balaban J connectivity index is 1.33. The molecule has 21 heavy (non-hydrogen) atoms. The van der Waals surface area contributed by atoms with Crippen molar-refractivity contribution in [3.63, 3.8) is 0 Å². The van der Waals surface area contributed by atoms with Crippen molar-refractivity contribution in [1.82, 2.24) is 4.90 Å². The van der Waals surface area contributed by atoms with E-state index in [1.807, 2.05) is 12.1 Å². The zero-order valence-electron chi connectivity index (χ0n) is 12.3. The normalized spacial score (nSPS) is 30.5. The largest absolute Gasteiger partial charge is 0.461 e. The van der Waals surface area contributed by atoms with E-state index in [4.69, 9.17) is 4.42 Å². The van der Waals surface area contributed by atoms with Crippen LogP contribution in [0.5, 0.6) is 0 Å². The van der Waals surface area contributed by atoms with Gasteiger partial charge in [-0.15, -0.1) is 0 Å². The topological polar surface area (TPSA) is 53.7 Å². The summed E-state index contributed by atoms with van der Waals surface area (Å²) in [6.07, 6.45) is 6.67. The van der Waals surface area contributed by atoms with Gasteiger partial charge in [-0.05, 0) is 49.3 Å². The van der Waals surface area contributed by atoms with Crippen LogP contribution in [0.2, 0.25) is 0 Å². The standard InChI is InChI=1S/C17H21NO3/c1-11-8-14(11)15-6-4-13(21-15)5-7-16(19)18-9-17(20,10-18)12-2-3-12/h4-7,11-12,14,20H,2-3,8-10H2,1H3. The third-order valence-corrected chi connectivity index (χ3v) is 5.09. The summed E-state index contributed by atoms with van der Waals surface area (Å²) < 4.78 is 5.74. The number of aliphatic hydroxyl groups is 1. The number of carbonyl (C=O) groups is 1. The lowest BCUT2D eigenvalue weighted by Crippen LogP contribution is -2.64. The maximum Gasteiger partial charge on any atom is 0.246 e. The number of β-amino-alcohol motifs (C(OH)–C–C–N with tert-alkyl or cyclic N) is 1. The molecule has 1 aliphatic heterocycles. The molecule has 1 N–H and O–H groups in total. The smallest absolute Gasteiger partial charge is 0.246 e. The zero-order chi connectivity index (χ0) is 14.6. The minimum Gasteiger partial charge on any atom is -0.461 e. The van der Waals surface area contributed by atoms with Gasteiger partial charge in [-0.3, -0.25) is 4.79 Å². The zero-order valence-corrected chi connectivity index (χ0v) is 12.3. The second-order valence-electron chi connectivity index (χ2n) is 6.97. The predicted molar refractivity (Wildman–Crippen MR) is 78.5 cm³/mol. The Bertz CT molecular complexity index is 593. The Labute approximate surface area is 124 Å². The van der Waals surface area contributed by atoms with Crippen molar-refractivity contribution in [3.8, 4) is 0 Å². The maximum atomic E-state index is 12.0. The van der Waals surface area contributed by atoms with E-state index >= 15 is 0 Å². The van der Waals surface area contributed by atoms with Crippen molar-refractivity contribution in [1.29, 1.82) is 0 Å². The molecule has 0 aromatic carbocycles. The van der Waals surface area contributed by atoms with Crippen LogP contribution in [0.3, 0.4) is 0 Å². The first kappa shape index (κ1) is 13.1. The van der Waals surface area contributed by atoms with Crippen molar-refractivity contribution in [2.24, 2.45) is 11.8 Å². The summed E-state index contributed by atoms with van der Waals surface area (Å²) in [5.74, 6) is 3.41. The molecule has 4 rings (SSSR count). The first-order valence-corrected chi connectivity index (χ1v) is 7.84. The molecule has 2 atom stereocenters. The third kappa shape index (κ3) is 2.42. The molecule has 2 saturated carbocycles. The molecule has 1 saturated heterocycles. The number of carbonyl (C=O) groups excluding carboxylic acids is 1. The lowest BCUT2D eigenvalue weighted by atomic mass is 9.88. The number of amides is 1. The monoisotopic (exact) mass is 287 g/mol. The van der Waals surface area contributed by atoms with Gasteiger partial charge in [0, 0.05) is 12.0 Å². The highest BCUT2D eigenvalue weighted by atomic mass is 16.3. The van der Waals surface area contributed by atoms with Crippen molar-refractivity contribution < 1.29 is 14.3 Å². The maximum absolute atomic E-state index is 12.0. The summed E-state index contributed by atoms with van der Waals surface area (Å²) in [7, 11) is 0. The third-order valence-electron chi connectivity index (χ3n) is 5.09. The highest BCUT2D eigenvalue weighted by Crippen LogP contribution is 2.47. The number of nitrogens with zero attached hydrogens (tertiary/aromatic N) is 1. The Morgan fingerprint density at radius 2 is 2.14 bits per heavy atom. The van der Waals surface area contributed by atoms with Gasteiger partial charge in [-0.25, -0.2) is 0 Å². The van der Waals surface area contributed by atoms with Crippen LogP contribution in [0, 0.1) is 11.8 Å². The van der Waals surface area contributed by atoms with Crippen molar-refractivity contribution >= 4 is 12.0 Å². The molecule has 1 aromatic rings. The Kier molecular flexibility index (Phi) is 2.80. The molecule has 3 fully saturated rings. The van der Waals surface area contributed by atoms with Gasteiger partial charge < -0.3 is 14.4 Å². The molecule has 3 aliphatic rings. The molecular formula is C17H21NO3. The van der Waals surface area contributed by atoms with Crippen LogP contribution >= 0.6 is 0 Å². The van der Waals surface area contributed by atoms with E-state index in [1.165, 1.54) is 6.42 Å². The fourth-order valence-electron chi connectivity index (χ4n) is 3.28. The summed E-state index contributed by atoms with van der Waals surface area (Å²) in [4.78, 5) is 13.7. The molecule has 0 bridgehead atoms. The lowest BCUT2D eigenvalue weighted by Gasteiger charge is -2.46. The van der Waals surface area contributed by atoms with Gasteiger partial charge in [0.1, 0.15) is 17.1 Å². The van der Waals surface area contributed by atoms with Crippen molar-refractivity contribution in [2.45, 2.75) is 37.7 Å². The molecular weight excluding hydrogens is 266 g/mol. The van der Waals surface area contributed by atoms with Gasteiger partial charge in [0.05, 0.1) is 13.1 Å². The van der Waals surface area contributed by atoms with Gasteiger partial charge in [0.15, 0.2) is 0 Å². The molecule has 4 nitrogen and oxygen atoms in total. The summed E-state index contributed by atoms with van der Waals surface area (Å²) in [6.45, 7) is 3.17. The Morgan fingerprint density at radius 3 is 2.76 bits per heavy atom. The number of furan rings is 1. The average Bonchev–Trinajstić information content (AvgIpc) is 3.33. The fraction of sp³-hybridized carbons (Fsp3) is 0.588. The molecule has 0 spiro atoms. The number of rotatable bonds is 4. The molecule has 2 heterocycles. The van der Waals surface area contributed by atoms with Crippen LogP contribution in [0.4, 0.5) is 0 Å². The van der Waals surface area contributed by atoms with Gasteiger partial charge >= 0.3 is 0 Å². The lowest BCUT2D eigenvalue weighted by molar-refractivity contribution is -0.154. The second-order valence-corrected chi connectivity index (χ2v) is 6.97. The van der Waals surface area contributed by atoms with Gasteiger partial charge in [0.25, 0.3) is 0 Å². The van der Waals surface area contributed by atoms with Crippen molar-refractivity contribution in [3.05, 3.63) is 29.7 Å². The van der Waals surface area contributed by atoms with Gasteiger partial charge in [0.2, 0.25) is 5.91 Å². The van der Waals surface area contributed by atoms with E-state index in [2.05, 4.69) is 6.92 Å². The van der Waals surface area contributed by atoms with E-state index in [0.717, 1.165) is 30.3 Å². The molecule has 0 radical (unpaired) electrons. The molecule has 4 heteroatoms. The molecule has 1 amide bonds. The number of hydrogen-bond acceptors (Lipinski definition) is 3. The SMILES string of the molecule is CC1CC1c1ccc(C=CC(=O)N2CC(O)(C3CC3)C2)o1. The molecule has 2 unspecified atom stereocenters. The highest BCUT2D eigenvalue weighted by molar-refractivity contribution is 5.92. The quantitative estimate of drug-likeness (QED) is 0.865. The Hall–Kier alpha value is -1.55. The second kappa shape index (κ2) is 4.47. The Morgan fingerprint density at radius 1 is 1.43 bits per heavy atom. The van der Waals surface area contributed by atoms with Crippen LogP contribution in [0.25, 0.3) is 6.08 Å². The van der Waals surface area contributed by atoms with Crippen LogP contribution in [0.15, 0.2) is 22.6 Å². The number of hydrogen-bond donors (Lipinski definition) is 1. The summed E-state index contributed by atoms with van der Waals surface area (Å²) in [5, 5.41) is 10.2. The average molecular weight is 287 g/mol. The van der Waals surface area contributed by atoms with E-state index in [0.29, 0.717) is 24.9 Å². The molecule has 1 aromatic heterocycles. The minimum absolute atomic E-state index is 0.0435. The molecule has 2 aliphatic carbocycles. The summed E-state index contributed by atoms with van der Waals surface area (Å²) >= 11 is 0. The summed E-state index contributed by atoms with van der Waals surface area (Å²) in [6, 6.07) is 3.93. The number of likely N-dealkylation sites (tertiary alicyclic amines) is 1. The minimum atomic E-state index is -0.608. The van der Waals surface area contributed by atoms with Crippen LogP contribution in [-0.4, -0.2) is 34.6 Å². The van der Waals surface area contributed by atoms with Gasteiger partial charge in [-0.1, -0.05) is 6.92 Å². The van der Waals surface area contributed by atoms with E-state index < -0.39 is 5.60 Å². The van der Waals surface area contributed by atoms with Crippen LogP contribution in [0.1, 0.15) is 43.6 Å². The van der Waals surface area contributed by atoms with E-state index in [9.17, 15) is 9.90 Å². The van der Waals surface area contributed by atoms with Crippen LogP contribution < -0.4 is 0 Å². The van der Waals surface area contributed by atoms with E-state index in [1.54, 1.807) is 17.1 Å². The van der Waals surface area contributed by atoms with E-state index in [-0.39, 0.29) is 5.91 Å². The predicted octanol–water partition coefficient (Wildman–Crippen LogP) is 2.40. The van der Waals surface area contributed by atoms with Gasteiger partial charge in [-0.2, -0.15) is 0 Å². The summed E-state index contributed by atoms with van der Waals surface area (Å²) in [5.41, 5.74) is -0.608. The first-order chi connectivity index (χ1) is 10.0. The van der Waals surface area contributed by atoms with Crippen LogP contribution in [-0.2, 0) is 4.79 Å². The fourth-order valence-corrected chi connectivity index (χ4v) is 3.28. The first-order valence-electron chi connectivity index (χ1n) is 7.84. The van der Waals surface area contributed by atoms with Crippen molar-refractivity contribution in [2.75, 3.05) is 13.1 Å².